The average Bonchev–Trinajstić information content (AvgIpc) is 3.10. The second-order valence-electron chi connectivity index (χ2n) is 6.08. The van der Waals surface area contributed by atoms with E-state index in [0.29, 0.717) is 17.5 Å². The zero-order chi connectivity index (χ0) is 17.6. The number of hydrogen-bond acceptors (Lipinski definition) is 6. The number of anilines is 1. The zero-order valence-corrected chi connectivity index (χ0v) is 14.6. The number of nitrogens with one attached hydrogen (secondary N) is 2. The summed E-state index contributed by atoms with van der Waals surface area (Å²) in [7, 11) is 0. The van der Waals surface area contributed by atoms with E-state index in [4.69, 9.17) is 21.1 Å². The van der Waals surface area contributed by atoms with Crippen LogP contribution in [0.15, 0.2) is 30.3 Å². The van der Waals surface area contributed by atoms with Gasteiger partial charge in [-0.2, -0.15) is 0 Å². The number of aliphatic hydroxyl groups is 1. The van der Waals surface area contributed by atoms with Crippen LogP contribution < -0.4 is 10.6 Å². The van der Waals surface area contributed by atoms with Gasteiger partial charge >= 0.3 is 0 Å². The molecule has 8 heteroatoms. The molecule has 3 N–H and O–H groups in total. The summed E-state index contributed by atoms with van der Waals surface area (Å²) < 4.78 is 9.97. The fourth-order valence-corrected chi connectivity index (χ4v) is 3.23. The Kier molecular flexibility index (Phi) is 6.01. The molecule has 3 rings (SSSR count). The molecule has 0 bridgehead atoms. The number of benzene rings is 1. The predicted molar refractivity (Wildman–Crippen MR) is 93.7 cm³/mol. The molecule has 1 aromatic rings. The van der Waals surface area contributed by atoms with Gasteiger partial charge in [-0.3, -0.25) is 15.0 Å². The van der Waals surface area contributed by atoms with Gasteiger partial charge in [-0.1, -0.05) is 17.7 Å². The van der Waals surface area contributed by atoms with Crippen LogP contribution in [0.1, 0.15) is 18.4 Å². The van der Waals surface area contributed by atoms with Crippen LogP contribution in [0.5, 0.6) is 0 Å². The maximum Gasteiger partial charge on any atom is 0.240 e. The van der Waals surface area contributed by atoms with E-state index in [-0.39, 0.29) is 25.3 Å². The number of hydrogen-bond donors (Lipinski definition) is 3. The Morgan fingerprint density at radius 2 is 2.16 bits per heavy atom. The molecule has 0 radical (unpaired) electrons. The highest BCUT2D eigenvalue weighted by molar-refractivity contribution is 6.31. The van der Waals surface area contributed by atoms with Crippen LogP contribution in [-0.2, 0) is 20.9 Å². The van der Waals surface area contributed by atoms with Gasteiger partial charge in [-0.05, 0) is 25.0 Å². The number of halogens is 1. The molecule has 0 atom stereocenters. The van der Waals surface area contributed by atoms with Crippen molar-refractivity contribution in [2.24, 2.45) is 0 Å². The highest BCUT2D eigenvalue weighted by Crippen LogP contribution is 2.26. The van der Waals surface area contributed by atoms with Gasteiger partial charge in [0.15, 0.2) is 0 Å². The van der Waals surface area contributed by atoms with Crippen molar-refractivity contribution in [3.8, 4) is 0 Å². The third-order valence-corrected chi connectivity index (χ3v) is 4.68. The fraction of sp³-hybridized carbons (Fsp3) is 0.471. The van der Waals surface area contributed by atoms with E-state index in [1.165, 1.54) is 6.26 Å². The Balaban J connectivity index is 1.46. The first-order valence-corrected chi connectivity index (χ1v) is 8.65. The minimum Gasteiger partial charge on any atom is -0.459 e. The molecule has 25 heavy (non-hydrogen) atoms. The Morgan fingerprint density at radius 1 is 1.36 bits per heavy atom. The van der Waals surface area contributed by atoms with Gasteiger partial charge < -0.3 is 19.9 Å². The second kappa shape index (κ2) is 8.42. The van der Waals surface area contributed by atoms with Crippen molar-refractivity contribution in [2.75, 3.05) is 31.7 Å². The SMILES string of the molecule is O=C(CN1CCC(Nc2cccc(Cl)c2CO)CC1)NC1=COCO1. The van der Waals surface area contributed by atoms with Gasteiger partial charge in [0.05, 0.1) is 13.2 Å². The number of ether oxygens (including phenoxy) is 2. The summed E-state index contributed by atoms with van der Waals surface area (Å²) in [5, 5.41) is 16.2. The number of carbonyl (C=O) groups is 1. The van der Waals surface area contributed by atoms with E-state index in [2.05, 4.69) is 15.5 Å². The van der Waals surface area contributed by atoms with Crippen LogP contribution in [-0.4, -0.2) is 48.4 Å². The van der Waals surface area contributed by atoms with Crippen LogP contribution >= 0.6 is 11.6 Å². The van der Waals surface area contributed by atoms with Crippen LogP contribution in [0.3, 0.4) is 0 Å². The average molecular weight is 368 g/mol. The quantitative estimate of drug-likeness (QED) is 0.709. The summed E-state index contributed by atoms with van der Waals surface area (Å²) in [5.74, 6) is 0.250. The van der Waals surface area contributed by atoms with Crippen molar-refractivity contribution in [1.29, 1.82) is 0 Å². The van der Waals surface area contributed by atoms with Crippen LogP contribution in [0.25, 0.3) is 0 Å². The first-order valence-electron chi connectivity index (χ1n) is 8.27. The summed E-state index contributed by atoms with van der Waals surface area (Å²) in [6.45, 7) is 2.01. The third-order valence-electron chi connectivity index (χ3n) is 4.33. The number of amides is 1. The molecule has 7 nitrogen and oxygen atoms in total. The minimum atomic E-state index is -0.111. The molecule has 0 aliphatic carbocycles. The highest BCUT2D eigenvalue weighted by Gasteiger charge is 2.22. The Morgan fingerprint density at radius 3 is 2.84 bits per heavy atom. The van der Waals surface area contributed by atoms with Crippen molar-refractivity contribution in [1.82, 2.24) is 10.2 Å². The van der Waals surface area contributed by atoms with Gasteiger partial charge in [0, 0.05) is 35.4 Å². The van der Waals surface area contributed by atoms with Crippen molar-refractivity contribution in [3.05, 3.63) is 40.9 Å². The van der Waals surface area contributed by atoms with E-state index in [1.807, 2.05) is 12.1 Å². The van der Waals surface area contributed by atoms with E-state index in [9.17, 15) is 9.90 Å². The summed E-state index contributed by atoms with van der Waals surface area (Å²) in [4.78, 5) is 14.1. The molecule has 1 amide bonds. The molecule has 1 saturated heterocycles. The van der Waals surface area contributed by atoms with Gasteiger partial charge in [-0.25, -0.2) is 0 Å². The van der Waals surface area contributed by atoms with E-state index < -0.39 is 0 Å². The van der Waals surface area contributed by atoms with E-state index >= 15 is 0 Å². The smallest absolute Gasteiger partial charge is 0.240 e. The number of rotatable bonds is 6. The van der Waals surface area contributed by atoms with Gasteiger partial charge in [0.2, 0.25) is 18.6 Å². The van der Waals surface area contributed by atoms with Gasteiger partial charge in [0.25, 0.3) is 0 Å². The predicted octanol–water partition coefficient (Wildman–Crippen LogP) is 1.63. The van der Waals surface area contributed by atoms with Gasteiger partial charge in [0.1, 0.15) is 6.26 Å². The molecule has 1 aromatic carbocycles. The molecule has 2 heterocycles. The number of carbonyl (C=O) groups excluding carboxylic acids is 1. The second-order valence-corrected chi connectivity index (χ2v) is 6.49. The molecule has 0 saturated carbocycles. The van der Waals surface area contributed by atoms with Crippen LogP contribution in [0.4, 0.5) is 5.69 Å². The Bertz CT molecular complexity index is 645. The number of nitrogens with zero attached hydrogens (tertiary/aromatic N) is 1. The lowest BCUT2D eigenvalue weighted by Gasteiger charge is -2.32. The molecular weight excluding hydrogens is 346 g/mol. The summed E-state index contributed by atoms with van der Waals surface area (Å²) in [6, 6.07) is 5.85. The topological polar surface area (TPSA) is 83.1 Å². The third kappa shape index (κ3) is 4.78. The fourth-order valence-electron chi connectivity index (χ4n) is 3.00. The Labute approximate surface area is 151 Å². The molecule has 0 spiro atoms. The molecule has 1 fully saturated rings. The minimum absolute atomic E-state index is 0.0946. The monoisotopic (exact) mass is 367 g/mol. The van der Waals surface area contributed by atoms with Crippen LogP contribution in [0.2, 0.25) is 5.02 Å². The summed E-state index contributed by atoms with van der Waals surface area (Å²) in [6.07, 6.45) is 3.22. The largest absolute Gasteiger partial charge is 0.459 e. The van der Waals surface area contributed by atoms with Crippen molar-refractivity contribution in [2.45, 2.75) is 25.5 Å². The maximum atomic E-state index is 12.0. The maximum absolute atomic E-state index is 12.0. The standard InChI is InChI=1S/C17H22ClN3O4/c18-14-2-1-3-15(13(14)9-22)19-12-4-6-21(7-5-12)8-16(23)20-17-10-24-11-25-17/h1-3,10,12,19,22H,4-9,11H2,(H,20,23). The normalized spacial score (nSPS) is 18.2. The molecule has 2 aliphatic rings. The summed E-state index contributed by atoms with van der Waals surface area (Å²) >= 11 is 6.12. The molecule has 2 aliphatic heterocycles. The van der Waals surface area contributed by atoms with Crippen molar-refractivity contribution in [3.63, 3.8) is 0 Å². The van der Waals surface area contributed by atoms with E-state index in [1.54, 1.807) is 6.07 Å². The first-order chi connectivity index (χ1) is 12.2. The zero-order valence-electron chi connectivity index (χ0n) is 13.8. The Hall–Kier alpha value is -1.96. The van der Waals surface area contributed by atoms with Crippen LogP contribution in [0, 0.1) is 0 Å². The lowest BCUT2D eigenvalue weighted by molar-refractivity contribution is -0.122. The molecule has 0 unspecified atom stereocenters. The molecular formula is C17H22ClN3O4. The number of piperidine rings is 1. The van der Waals surface area contributed by atoms with E-state index in [0.717, 1.165) is 37.2 Å². The van der Waals surface area contributed by atoms with Crippen molar-refractivity contribution < 1.29 is 19.4 Å². The van der Waals surface area contributed by atoms with Gasteiger partial charge in [-0.15, -0.1) is 0 Å². The number of likely N-dealkylation sites (tertiary alicyclic amines) is 1. The molecule has 0 aromatic heterocycles. The van der Waals surface area contributed by atoms with Crippen molar-refractivity contribution >= 4 is 23.2 Å². The lowest BCUT2D eigenvalue weighted by Crippen LogP contribution is -2.44. The number of aliphatic hydroxyl groups excluding tert-OH is 1. The first kappa shape index (κ1) is 17.8. The lowest BCUT2D eigenvalue weighted by atomic mass is 10.0. The molecule has 136 valence electrons. The summed E-state index contributed by atoms with van der Waals surface area (Å²) in [5.41, 5.74) is 1.59. The highest BCUT2D eigenvalue weighted by atomic mass is 35.5.